The molecule has 0 bridgehead atoms. The molecule has 0 heterocycles. The summed E-state index contributed by atoms with van der Waals surface area (Å²) in [4.78, 5) is 0. The number of rotatable bonds is 9. The molecule has 4 heteroatoms. The normalized spacial score (nSPS) is 11.3. The summed E-state index contributed by atoms with van der Waals surface area (Å²) in [7, 11) is 0. The van der Waals surface area contributed by atoms with E-state index in [0.29, 0.717) is 5.56 Å². The van der Waals surface area contributed by atoms with E-state index in [1.165, 1.54) is 30.7 Å². The van der Waals surface area contributed by atoms with Crippen LogP contribution in [0.3, 0.4) is 0 Å². The number of hydrogen-bond donors (Lipinski definition) is 0. The van der Waals surface area contributed by atoms with E-state index >= 15 is 0 Å². The summed E-state index contributed by atoms with van der Waals surface area (Å²) in [5.41, 5.74) is 2.93. The monoisotopic (exact) mass is 338 g/mol. The van der Waals surface area contributed by atoms with Gasteiger partial charge in [-0.15, -0.1) is 0 Å². The number of hydrogen-bond acceptors (Lipinski definition) is 3. The Kier molecular flexibility index (Phi) is 7.57. The van der Waals surface area contributed by atoms with E-state index in [1.807, 2.05) is 12.1 Å². The van der Waals surface area contributed by atoms with Crippen molar-refractivity contribution in [2.45, 2.75) is 26.2 Å². The molecule has 2 aromatic carbocycles. The molecule has 0 fully saturated rings. The van der Waals surface area contributed by atoms with Gasteiger partial charge in [0.2, 0.25) is 0 Å². The van der Waals surface area contributed by atoms with Crippen LogP contribution in [0.15, 0.2) is 65.3 Å². The third-order valence-electron chi connectivity index (χ3n) is 3.59. The van der Waals surface area contributed by atoms with Crippen LogP contribution in [-0.2, 0) is 6.42 Å². The van der Waals surface area contributed by atoms with Gasteiger partial charge in [0.05, 0.1) is 12.4 Å². The van der Waals surface area contributed by atoms with Gasteiger partial charge in [0, 0.05) is 0 Å². The maximum atomic E-state index is 13.8. The smallest absolute Gasteiger partial charge is 0.165 e. The summed E-state index contributed by atoms with van der Waals surface area (Å²) in [5, 5.41) is 7.97. The Morgan fingerprint density at radius 1 is 1.04 bits per heavy atom. The fourth-order valence-corrected chi connectivity index (χ4v) is 2.21. The molecule has 0 aliphatic carbocycles. The Balaban J connectivity index is 1.92. The van der Waals surface area contributed by atoms with Crippen molar-refractivity contribution >= 4 is 12.4 Å². The first-order valence-electron chi connectivity index (χ1n) is 8.41. The Morgan fingerprint density at radius 2 is 1.72 bits per heavy atom. The van der Waals surface area contributed by atoms with Crippen LogP contribution in [0.25, 0.3) is 0 Å². The van der Waals surface area contributed by atoms with E-state index in [1.54, 1.807) is 24.4 Å². The molecule has 0 N–H and O–H groups in total. The fraction of sp³-hybridized carbons (Fsp3) is 0.238. The third kappa shape index (κ3) is 6.34. The quantitative estimate of drug-likeness (QED) is 0.352. The van der Waals surface area contributed by atoms with Crippen molar-refractivity contribution in [3.63, 3.8) is 0 Å². The molecule has 2 aromatic rings. The maximum Gasteiger partial charge on any atom is 0.165 e. The fourth-order valence-electron chi connectivity index (χ4n) is 2.21. The van der Waals surface area contributed by atoms with Crippen LogP contribution in [0, 0.1) is 5.82 Å². The lowest BCUT2D eigenvalue weighted by Gasteiger charge is -2.04. The van der Waals surface area contributed by atoms with E-state index in [4.69, 9.17) is 4.74 Å². The minimum Gasteiger partial charge on any atom is -0.486 e. The minimum absolute atomic E-state index is 0.198. The van der Waals surface area contributed by atoms with Gasteiger partial charge >= 0.3 is 0 Å². The van der Waals surface area contributed by atoms with Gasteiger partial charge in [0.1, 0.15) is 6.61 Å². The summed E-state index contributed by atoms with van der Waals surface area (Å²) >= 11 is 0. The van der Waals surface area contributed by atoms with E-state index < -0.39 is 5.82 Å². The second kappa shape index (κ2) is 10.2. The summed E-state index contributed by atoms with van der Waals surface area (Å²) in [6.07, 6.45) is 8.25. The number of halogens is 1. The molecular weight excluding hydrogens is 315 g/mol. The Labute approximate surface area is 148 Å². The molecule has 0 amide bonds. The van der Waals surface area contributed by atoms with Crippen molar-refractivity contribution in [1.29, 1.82) is 0 Å². The zero-order chi connectivity index (χ0) is 17.9. The minimum atomic E-state index is -0.433. The van der Waals surface area contributed by atoms with Crippen LogP contribution in [-0.4, -0.2) is 19.0 Å². The van der Waals surface area contributed by atoms with Crippen LogP contribution in [0.2, 0.25) is 0 Å². The molecule has 0 saturated heterocycles. The van der Waals surface area contributed by atoms with Gasteiger partial charge in [0.15, 0.2) is 11.6 Å². The topological polar surface area (TPSA) is 34.0 Å². The van der Waals surface area contributed by atoms with Crippen LogP contribution < -0.4 is 4.74 Å². The highest BCUT2D eigenvalue weighted by molar-refractivity contribution is 5.82. The van der Waals surface area contributed by atoms with E-state index in [-0.39, 0.29) is 12.4 Å². The van der Waals surface area contributed by atoms with Gasteiger partial charge in [-0.2, -0.15) is 10.2 Å². The number of aryl methyl sites for hydroxylation is 1. The van der Waals surface area contributed by atoms with Crippen molar-refractivity contribution < 1.29 is 9.13 Å². The molecule has 2 rings (SSSR count). The first-order valence-corrected chi connectivity index (χ1v) is 8.41. The molecule has 0 aliphatic rings. The highest BCUT2D eigenvalue weighted by Crippen LogP contribution is 2.17. The van der Waals surface area contributed by atoms with Gasteiger partial charge in [-0.25, -0.2) is 4.39 Å². The van der Waals surface area contributed by atoms with Gasteiger partial charge in [-0.1, -0.05) is 50.3 Å². The second-order valence-electron chi connectivity index (χ2n) is 5.62. The number of ether oxygens (including phenoxy) is 1. The van der Waals surface area contributed by atoms with Crippen LogP contribution in [0.5, 0.6) is 5.75 Å². The highest BCUT2D eigenvalue weighted by atomic mass is 19.1. The lowest BCUT2D eigenvalue weighted by atomic mass is 10.1. The maximum absolute atomic E-state index is 13.8. The molecule has 25 heavy (non-hydrogen) atoms. The molecule has 0 aromatic heterocycles. The van der Waals surface area contributed by atoms with Crippen molar-refractivity contribution in [2.24, 2.45) is 10.2 Å². The molecule has 130 valence electrons. The van der Waals surface area contributed by atoms with Gasteiger partial charge in [-0.3, -0.25) is 0 Å². The molecule has 0 atom stereocenters. The van der Waals surface area contributed by atoms with Crippen molar-refractivity contribution in [1.82, 2.24) is 0 Å². The van der Waals surface area contributed by atoms with Gasteiger partial charge in [-0.05, 0) is 47.7 Å². The third-order valence-corrected chi connectivity index (χ3v) is 3.59. The van der Waals surface area contributed by atoms with Crippen LogP contribution in [0.4, 0.5) is 4.39 Å². The molecule has 0 aliphatic heterocycles. The summed E-state index contributed by atoms with van der Waals surface area (Å²) in [5.74, 6) is -0.235. The van der Waals surface area contributed by atoms with E-state index in [0.717, 1.165) is 12.0 Å². The second-order valence-corrected chi connectivity index (χ2v) is 5.62. The molecule has 0 unspecified atom stereocenters. The predicted molar refractivity (Wildman–Crippen MR) is 102 cm³/mol. The van der Waals surface area contributed by atoms with Gasteiger partial charge in [0.25, 0.3) is 0 Å². The van der Waals surface area contributed by atoms with Crippen molar-refractivity contribution in [2.75, 3.05) is 6.61 Å². The van der Waals surface area contributed by atoms with Crippen LogP contribution in [0.1, 0.15) is 36.5 Å². The standard InChI is InChI=1S/C21H23FN2O/c1-3-5-6-17-7-9-18(10-8-17)15-23-24-16-19-11-12-21(20(22)14-19)25-13-4-2/h4,7-12,14-16H,2-3,5-6,13H2,1H3/b23-15+,24-16-. The zero-order valence-corrected chi connectivity index (χ0v) is 14.5. The molecular formula is C21H23FN2O. The van der Waals surface area contributed by atoms with Gasteiger partial charge < -0.3 is 4.74 Å². The summed E-state index contributed by atoms with van der Waals surface area (Å²) in [6, 6.07) is 12.9. The SMILES string of the molecule is C=CCOc1ccc(/C=N\N=C\c2ccc(CCCC)cc2)cc1F. The predicted octanol–water partition coefficient (Wildman–Crippen LogP) is 5.19. The zero-order valence-electron chi connectivity index (χ0n) is 14.5. The van der Waals surface area contributed by atoms with Crippen molar-refractivity contribution in [3.8, 4) is 5.75 Å². The highest BCUT2D eigenvalue weighted by Gasteiger charge is 2.02. The Bertz CT molecular complexity index is 736. The van der Waals surface area contributed by atoms with E-state index in [9.17, 15) is 4.39 Å². The van der Waals surface area contributed by atoms with Crippen molar-refractivity contribution in [3.05, 3.63) is 77.6 Å². The number of nitrogens with zero attached hydrogens (tertiary/aromatic N) is 2. The largest absolute Gasteiger partial charge is 0.486 e. The molecule has 0 radical (unpaired) electrons. The average molecular weight is 338 g/mol. The average Bonchev–Trinajstić information content (AvgIpc) is 2.64. The first kappa shape index (κ1) is 18.6. The number of benzene rings is 2. The van der Waals surface area contributed by atoms with E-state index in [2.05, 4.69) is 35.8 Å². The summed E-state index contributed by atoms with van der Waals surface area (Å²) < 4.78 is 19.0. The first-order chi connectivity index (χ1) is 12.2. The van der Waals surface area contributed by atoms with Crippen LogP contribution >= 0.6 is 0 Å². The Hall–Kier alpha value is -2.75. The summed E-state index contributed by atoms with van der Waals surface area (Å²) in [6.45, 7) is 5.99. The lowest BCUT2D eigenvalue weighted by Crippen LogP contribution is -1.96. The lowest BCUT2D eigenvalue weighted by molar-refractivity contribution is 0.342. The Morgan fingerprint density at radius 3 is 2.36 bits per heavy atom. The number of unbranched alkanes of at least 4 members (excludes halogenated alkanes) is 1. The molecule has 0 spiro atoms. The molecule has 0 saturated carbocycles. The molecule has 3 nitrogen and oxygen atoms in total.